The lowest BCUT2D eigenvalue weighted by molar-refractivity contribution is 0.194. The van der Waals surface area contributed by atoms with Crippen LogP contribution in [0.2, 0.25) is 0 Å². The summed E-state index contributed by atoms with van der Waals surface area (Å²) >= 11 is 0. The zero-order valence-corrected chi connectivity index (χ0v) is 14.6. The molecule has 3 aromatic heterocycles. The molecule has 5 N–H and O–H groups in total. The largest absolute Gasteiger partial charge is 0.391 e. The van der Waals surface area contributed by atoms with Crippen LogP contribution < -0.4 is 16.0 Å². The topological polar surface area (TPSA) is 129 Å². The van der Waals surface area contributed by atoms with Gasteiger partial charge in [0.1, 0.15) is 18.0 Å². The zero-order valence-electron chi connectivity index (χ0n) is 14.6. The van der Waals surface area contributed by atoms with Crippen molar-refractivity contribution in [3.63, 3.8) is 0 Å². The van der Waals surface area contributed by atoms with Gasteiger partial charge in [0.15, 0.2) is 5.65 Å². The minimum Gasteiger partial charge on any atom is -0.391 e. The van der Waals surface area contributed by atoms with Gasteiger partial charge >= 0.3 is 0 Å². The lowest BCUT2D eigenvalue weighted by atomic mass is 10.2. The van der Waals surface area contributed by atoms with Gasteiger partial charge in [-0.05, 0) is 25.0 Å². The molecule has 0 amide bonds. The Labute approximate surface area is 150 Å². The van der Waals surface area contributed by atoms with Crippen molar-refractivity contribution in [1.82, 2.24) is 30.5 Å². The van der Waals surface area contributed by atoms with E-state index >= 15 is 0 Å². The number of rotatable bonds is 5. The molecule has 9 nitrogen and oxygen atoms in total. The number of aromatic amines is 1. The summed E-state index contributed by atoms with van der Waals surface area (Å²) in [6.07, 6.45) is 3.61. The first-order chi connectivity index (χ1) is 12.6. The third kappa shape index (κ3) is 3.31. The van der Waals surface area contributed by atoms with Crippen molar-refractivity contribution < 1.29 is 5.11 Å². The van der Waals surface area contributed by atoms with E-state index in [4.69, 9.17) is 5.73 Å². The van der Waals surface area contributed by atoms with Crippen molar-refractivity contribution in [3.8, 4) is 0 Å². The number of nitrogens with two attached hydrogens (primary N) is 1. The second-order valence-corrected chi connectivity index (χ2v) is 6.69. The molecule has 1 aliphatic heterocycles. The smallest absolute Gasteiger partial charge is 0.181 e. The third-order valence-electron chi connectivity index (χ3n) is 4.73. The number of nitrogens with zero attached hydrogens (tertiary/aromatic N) is 5. The molecule has 4 rings (SSSR count). The lowest BCUT2D eigenvalue weighted by Gasteiger charge is -2.25. The quantitative estimate of drug-likeness (QED) is 0.517. The molecule has 1 fully saturated rings. The highest BCUT2D eigenvalue weighted by atomic mass is 16.3. The molecule has 1 aliphatic rings. The number of pyridine rings is 1. The number of nitrogen functional groups attached to an aromatic ring is 1. The van der Waals surface area contributed by atoms with E-state index in [-0.39, 0.29) is 12.1 Å². The van der Waals surface area contributed by atoms with Crippen molar-refractivity contribution in [2.75, 3.05) is 23.7 Å². The first kappa shape index (κ1) is 16.7. The number of β-amino-alcohol motifs (C(OH)–C–C–N with tert-alkyl or cyclic N) is 1. The number of anilines is 2. The molecule has 1 saturated heterocycles. The summed E-state index contributed by atoms with van der Waals surface area (Å²) in [6, 6.07) is 3.98. The van der Waals surface area contributed by atoms with E-state index in [2.05, 4.69) is 41.4 Å². The Balaban J connectivity index is 1.41. The van der Waals surface area contributed by atoms with Crippen LogP contribution >= 0.6 is 0 Å². The van der Waals surface area contributed by atoms with Crippen LogP contribution in [0, 0.1) is 6.92 Å². The van der Waals surface area contributed by atoms with Gasteiger partial charge in [0, 0.05) is 49.0 Å². The molecule has 0 spiro atoms. The second-order valence-electron chi connectivity index (χ2n) is 6.69. The number of aliphatic hydroxyl groups is 1. The van der Waals surface area contributed by atoms with E-state index in [1.54, 1.807) is 6.07 Å². The molecule has 26 heavy (non-hydrogen) atoms. The van der Waals surface area contributed by atoms with Gasteiger partial charge in [0.25, 0.3) is 0 Å². The summed E-state index contributed by atoms with van der Waals surface area (Å²) in [5.41, 5.74) is 8.60. The monoisotopic (exact) mass is 354 g/mol. The normalized spacial score (nSPS) is 20.2. The van der Waals surface area contributed by atoms with Crippen LogP contribution in [0.4, 0.5) is 11.6 Å². The van der Waals surface area contributed by atoms with Crippen molar-refractivity contribution in [2.45, 2.75) is 32.0 Å². The van der Waals surface area contributed by atoms with E-state index < -0.39 is 0 Å². The fraction of sp³-hybridized carbons (Fsp3) is 0.412. The minimum absolute atomic E-state index is 0.145. The van der Waals surface area contributed by atoms with Crippen LogP contribution in [0.1, 0.15) is 17.7 Å². The van der Waals surface area contributed by atoms with Crippen molar-refractivity contribution in [3.05, 3.63) is 35.9 Å². The summed E-state index contributed by atoms with van der Waals surface area (Å²) in [5.74, 6) is 1.18. The number of aromatic nitrogens is 5. The molecule has 2 atom stereocenters. The number of hydrogen-bond acceptors (Lipinski definition) is 8. The number of fused-ring (bicyclic) bond motifs is 1. The molecule has 136 valence electrons. The molecule has 3 aromatic rings. The third-order valence-corrected chi connectivity index (χ3v) is 4.73. The Hall–Kier alpha value is -2.78. The van der Waals surface area contributed by atoms with E-state index in [0.717, 1.165) is 34.7 Å². The van der Waals surface area contributed by atoms with E-state index in [1.165, 1.54) is 6.33 Å². The van der Waals surface area contributed by atoms with Crippen molar-refractivity contribution in [1.29, 1.82) is 0 Å². The second kappa shape index (κ2) is 6.85. The van der Waals surface area contributed by atoms with Gasteiger partial charge in [0.2, 0.25) is 0 Å². The number of aryl methyl sites for hydroxylation is 1. The predicted octanol–water partition coefficient (Wildman–Crippen LogP) is 0.368. The van der Waals surface area contributed by atoms with Crippen molar-refractivity contribution >= 4 is 22.7 Å². The summed E-state index contributed by atoms with van der Waals surface area (Å²) in [7, 11) is 0. The number of nitrogens with one attached hydrogen (secondary N) is 2. The number of H-pyrrole nitrogens is 1. The van der Waals surface area contributed by atoms with Crippen LogP contribution in [0.3, 0.4) is 0 Å². The minimum atomic E-state index is -0.371. The predicted molar refractivity (Wildman–Crippen MR) is 98.5 cm³/mol. The molecule has 0 aromatic carbocycles. The van der Waals surface area contributed by atoms with E-state index in [0.29, 0.717) is 25.3 Å². The van der Waals surface area contributed by atoms with E-state index in [9.17, 15) is 5.11 Å². The Kier molecular flexibility index (Phi) is 4.39. The molecule has 0 aliphatic carbocycles. The van der Waals surface area contributed by atoms with Crippen LogP contribution in [-0.4, -0.2) is 55.5 Å². The summed E-state index contributed by atoms with van der Waals surface area (Å²) in [4.78, 5) is 14.7. The lowest BCUT2D eigenvalue weighted by Crippen LogP contribution is -2.38. The van der Waals surface area contributed by atoms with Crippen LogP contribution in [0.5, 0.6) is 0 Å². The molecule has 0 saturated carbocycles. The zero-order chi connectivity index (χ0) is 18.1. The molecule has 0 unspecified atom stereocenters. The summed E-state index contributed by atoms with van der Waals surface area (Å²) in [5, 5.41) is 21.7. The van der Waals surface area contributed by atoms with Gasteiger partial charge in [-0.3, -0.25) is 5.10 Å². The van der Waals surface area contributed by atoms with Gasteiger partial charge < -0.3 is 21.1 Å². The molecule has 0 radical (unpaired) electrons. The highest BCUT2D eigenvalue weighted by molar-refractivity contribution is 5.77. The average Bonchev–Trinajstić information content (AvgIpc) is 3.18. The summed E-state index contributed by atoms with van der Waals surface area (Å²) in [6.45, 7) is 3.95. The van der Waals surface area contributed by atoms with Crippen molar-refractivity contribution in [2.24, 2.45) is 0 Å². The maximum atomic E-state index is 10.1. The fourth-order valence-corrected chi connectivity index (χ4v) is 3.43. The Bertz CT molecular complexity index is 911. The molecule has 9 heteroatoms. The van der Waals surface area contributed by atoms with Gasteiger partial charge in [-0.2, -0.15) is 5.10 Å². The standard InChI is InChI=1S/C17H22N8O/c1-10-14-2-11(6-20-17(14)24-23-10)5-19-7-12-3-13(26)8-25(12)16-4-15(18)21-9-22-16/h2,4,6,9,12-13,19,26H,3,5,7-8H2,1H3,(H2,18,21,22)(H,20,23,24)/t12-,13-/m1/s1. The van der Waals surface area contributed by atoms with Crippen LogP contribution in [-0.2, 0) is 6.54 Å². The number of hydrogen-bond donors (Lipinski definition) is 4. The highest BCUT2D eigenvalue weighted by Crippen LogP contribution is 2.24. The first-order valence-electron chi connectivity index (χ1n) is 8.62. The maximum absolute atomic E-state index is 10.1. The summed E-state index contributed by atoms with van der Waals surface area (Å²) < 4.78 is 0. The maximum Gasteiger partial charge on any atom is 0.181 e. The average molecular weight is 354 g/mol. The molecular formula is C17H22N8O. The Morgan fingerprint density at radius 3 is 3.08 bits per heavy atom. The fourth-order valence-electron chi connectivity index (χ4n) is 3.43. The van der Waals surface area contributed by atoms with Gasteiger partial charge in [-0.15, -0.1) is 0 Å². The molecule has 0 bridgehead atoms. The first-order valence-corrected chi connectivity index (χ1v) is 8.62. The molecule has 4 heterocycles. The molecular weight excluding hydrogens is 332 g/mol. The number of aliphatic hydroxyl groups excluding tert-OH is 1. The Morgan fingerprint density at radius 1 is 1.35 bits per heavy atom. The SMILES string of the molecule is Cc1[nH]nc2ncc(CNC[C@H]3C[C@@H](O)CN3c3cc(N)ncn3)cc12. The van der Waals surface area contributed by atoms with E-state index in [1.807, 2.05) is 13.1 Å². The van der Waals surface area contributed by atoms with Crippen LogP contribution in [0.15, 0.2) is 24.7 Å². The van der Waals surface area contributed by atoms with Crippen LogP contribution in [0.25, 0.3) is 11.0 Å². The van der Waals surface area contributed by atoms with Gasteiger partial charge in [-0.25, -0.2) is 15.0 Å². The highest BCUT2D eigenvalue weighted by Gasteiger charge is 2.31. The van der Waals surface area contributed by atoms with Gasteiger partial charge in [-0.1, -0.05) is 0 Å². The Morgan fingerprint density at radius 2 is 2.23 bits per heavy atom. The van der Waals surface area contributed by atoms with Gasteiger partial charge in [0.05, 0.1) is 6.10 Å².